The largest absolute Gasteiger partial charge is 0.459 e. The predicted molar refractivity (Wildman–Crippen MR) is 59.9 cm³/mol. The van der Waals surface area contributed by atoms with Crippen LogP contribution in [-0.2, 0) is 27.0 Å². The van der Waals surface area contributed by atoms with Crippen LogP contribution in [0.15, 0.2) is 24.3 Å². The second-order valence-corrected chi connectivity index (χ2v) is 3.60. The van der Waals surface area contributed by atoms with Gasteiger partial charge in [0.2, 0.25) is 0 Å². The van der Waals surface area contributed by atoms with Crippen molar-refractivity contribution < 1.29 is 27.5 Å². The molecule has 1 N–H and O–H groups in total. The van der Waals surface area contributed by atoms with Crippen LogP contribution in [0.3, 0.4) is 0 Å². The van der Waals surface area contributed by atoms with E-state index in [9.17, 15) is 22.8 Å². The Kier molecular flexibility index (Phi) is 4.91. The zero-order chi connectivity index (χ0) is 14.5. The van der Waals surface area contributed by atoms with E-state index in [2.05, 4.69) is 10.1 Å². The van der Waals surface area contributed by atoms with Gasteiger partial charge in [0.05, 0.1) is 12.2 Å². The summed E-state index contributed by atoms with van der Waals surface area (Å²) in [5.41, 5.74) is -0.567. The molecule has 4 nitrogen and oxygen atoms in total. The molecule has 0 bridgehead atoms. The second kappa shape index (κ2) is 6.21. The van der Waals surface area contributed by atoms with Crippen LogP contribution < -0.4 is 5.32 Å². The fraction of sp³-hybridized carbons (Fsp3) is 0.333. The zero-order valence-corrected chi connectivity index (χ0v) is 10.1. The molecule has 1 amide bonds. The Morgan fingerprint density at radius 1 is 1.32 bits per heavy atom. The molecule has 0 aromatic heterocycles. The number of hydrogen-bond acceptors (Lipinski definition) is 3. The first-order valence-corrected chi connectivity index (χ1v) is 5.45. The highest BCUT2D eigenvalue weighted by molar-refractivity contribution is 6.32. The van der Waals surface area contributed by atoms with E-state index in [1.165, 1.54) is 19.1 Å². The van der Waals surface area contributed by atoms with Crippen LogP contribution >= 0.6 is 0 Å². The molecular weight excluding hydrogens is 263 g/mol. The fourth-order valence-electron chi connectivity index (χ4n) is 1.31. The number of halogens is 3. The van der Waals surface area contributed by atoms with Gasteiger partial charge >= 0.3 is 18.1 Å². The minimum absolute atomic E-state index is 0.0514. The van der Waals surface area contributed by atoms with Crippen LogP contribution in [0.2, 0.25) is 0 Å². The third-order valence-corrected chi connectivity index (χ3v) is 2.17. The maximum absolute atomic E-state index is 12.4. The Bertz CT molecular complexity index is 472. The van der Waals surface area contributed by atoms with E-state index in [1.807, 2.05) is 0 Å². The molecule has 0 atom stereocenters. The summed E-state index contributed by atoms with van der Waals surface area (Å²) in [5.74, 6) is -2.05. The lowest BCUT2D eigenvalue weighted by Crippen LogP contribution is -2.32. The smallest absolute Gasteiger partial charge is 0.416 e. The fourth-order valence-corrected chi connectivity index (χ4v) is 1.31. The maximum atomic E-state index is 12.4. The van der Waals surface area contributed by atoms with Crippen LogP contribution in [0.5, 0.6) is 0 Å². The number of carbonyl (C=O) groups is 2. The highest BCUT2D eigenvalue weighted by Gasteiger charge is 2.30. The number of alkyl halides is 3. The molecule has 1 aromatic rings. The quantitative estimate of drug-likeness (QED) is 0.677. The van der Waals surface area contributed by atoms with Crippen LogP contribution in [0.25, 0.3) is 0 Å². The van der Waals surface area contributed by atoms with Gasteiger partial charge in [0.15, 0.2) is 0 Å². The van der Waals surface area contributed by atoms with Gasteiger partial charge in [-0.15, -0.1) is 0 Å². The molecule has 0 fully saturated rings. The van der Waals surface area contributed by atoms with E-state index in [1.54, 1.807) is 0 Å². The Labute approximate surface area is 107 Å². The number of amides is 1. The number of hydrogen-bond donors (Lipinski definition) is 1. The van der Waals surface area contributed by atoms with Gasteiger partial charge in [-0.3, -0.25) is 4.79 Å². The molecule has 7 heteroatoms. The number of rotatable bonds is 3. The SMILES string of the molecule is CCOC(=O)C(=O)NCc1cccc(C(F)(F)F)c1. The number of esters is 1. The molecule has 0 aliphatic carbocycles. The lowest BCUT2D eigenvalue weighted by Gasteiger charge is -2.09. The van der Waals surface area contributed by atoms with E-state index in [0.717, 1.165) is 12.1 Å². The topological polar surface area (TPSA) is 55.4 Å². The first-order chi connectivity index (χ1) is 8.84. The second-order valence-electron chi connectivity index (χ2n) is 3.60. The molecule has 0 saturated carbocycles. The minimum atomic E-state index is -4.44. The molecule has 0 spiro atoms. The summed E-state index contributed by atoms with van der Waals surface area (Å²) in [6, 6.07) is 4.48. The van der Waals surface area contributed by atoms with Crippen LogP contribution in [-0.4, -0.2) is 18.5 Å². The summed E-state index contributed by atoms with van der Waals surface area (Å²) in [6.07, 6.45) is -4.44. The molecule has 19 heavy (non-hydrogen) atoms. The lowest BCUT2D eigenvalue weighted by atomic mass is 10.1. The molecule has 0 radical (unpaired) electrons. The average Bonchev–Trinajstić information content (AvgIpc) is 2.35. The van der Waals surface area contributed by atoms with Crippen molar-refractivity contribution in [1.82, 2.24) is 5.32 Å². The van der Waals surface area contributed by atoms with Gasteiger partial charge < -0.3 is 10.1 Å². The van der Waals surface area contributed by atoms with Crippen molar-refractivity contribution in [3.63, 3.8) is 0 Å². The third kappa shape index (κ3) is 4.61. The molecular formula is C12H12F3NO3. The van der Waals surface area contributed by atoms with Gasteiger partial charge in [0, 0.05) is 6.54 Å². The summed E-state index contributed by atoms with van der Waals surface area (Å²) < 4.78 is 41.7. The van der Waals surface area contributed by atoms with Crippen molar-refractivity contribution in [3.05, 3.63) is 35.4 Å². The third-order valence-electron chi connectivity index (χ3n) is 2.17. The van der Waals surface area contributed by atoms with Crippen molar-refractivity contribution in [2.24, 2.45) is 0 Å². The molecule has 0 unspecified atom stereocenters. The molecule has 1 rings (SSSR count). The first kappa shape index (κ1) is 15.0. The Balaban J connectivity index is 2.64. The van der Waals surface area contributed by atoms with E-state index >= 15 is 0 Å². The first-order valence-electron chi connectivity index (χ1n) is 5.45. The molecule has 0 saturated heterocycles. The average molecular weight is 275 g/mol. The van der Waals surface area contributed by atoms with Crippen LogP contribution in [0, 0.1) is 0 Å². The van der Waals surface area contributed by atoms with Crippen molar-refractivity contribution >= 4 is 11.9 Å². The monoisotopic (exact) mass is 275 g/mol. The normalized spacial score (nSPS) is 10.9. The highest BCUT2D eigenvalue weighted by Crippen LogP contribution is 2.29. The van der Waals surface area contributed by atoms with E-state index < -0.39 is 23.6 Å². The van der Waals surface area contributed by atoms with Crippen molar-refractivity contribution in [1.29, 1.82) is 0 Å². The predicted octanol–water partition coefficient (Wildman–Crippen LogP) is 1.88. The van der Waals surface area contributed by atoms with E-state index in [0.29, 0.717) is 0 Å². The summed E-state index contributed by atoms with van der Waals surface area (Å²) in [5, 5.41) is 2.18. The van der Waals surface area contributed by atoms with Gasteiger partial charge in [-0.1, -0.05) is 12.1 Å². The van der Waals surface area contributed by atoms with Crippen molar-refractivity contribution in [3.8, 4) is 0 Å². The zero-order valence-electron chi connectivity index (χ0n) is 10.1. The Hall–Kier alpha value is -2.05. The summed E-state index contributed by atoms with van der Waals surface area (Å²) in [6.45, 7) is 1.41. The molecule has 0 aliphatic heterocycles. The van der Waals surface area contributed by atoms with Crippen molar-refractivity contribution in [2.75, 3.05) is 6.61 Å². The minimum Gasteiger partial charge on any atom is -0.459 e. The van der Waals surface area contributed by atoms with Gasteiger partial charge in [-0.25, -0.2) is 4.79 Å². The molecule has 104 valence electrons. The Morgan fingerprint density at radius 2 is 2.00 bits per heavy atom. The number of nitrogens with one attached hydrogen (secondary N) is 1. The number of benzene rings is 1. The van der Waals surface area contributed by atoms with Gasteiger partial charge in [-0.2, -0.15) is 13.2 Å². The Morgan fingerprint density at radius 3 is 2.58 bits per heavy atom. The summed E-state index contributed by atoms with van der Waals surface area (Å²) in [4.78, 5) is 22.2. The molecule has 0 aliphatic rings. The van der Waals surface area contributed by atoms with Gasteiger partial charge in [0.25, 0.3) is 0 Å². The summed E-state index contributed by atoms with van der Waals surface area (Å²) in [7, 11) is 0. The molecule has 1 aromatic carbocycles. The van der Waals surface area contributed by atoms with Gasteiger partial charge in [-0.05, 0) is 24.6 Å². The number of ether oxygens (including phenoxy) is 1. The van der Waals surface area contributed by atoms with Gasteiger partial charge in [0.1, 0.15) is 0 Å². The lowest BCUT2D eigenvalue weighted by molar-refractivity contribution is -0.154. The molecule has 0 heterocycles. The van der Waals surface area contributed by atoms with E-state index in [-0.39, 0.29) is 18.7 Å². The van der Waals surface area contributed by atoms with E-state index in [4.69, 9.17) is 0 Å². The highest BCUT2D eigenvalue weighted by atomic mass is 19.4. The van der Waals surface area contributed by atoms with Crippen LogP contribution in [0.1, 0.15) is 18.1 Å². The van der Waals surface area contributed by atoms with Crippen LogP contribution in [0.4, 0.5) is 13.2 Å². The van der Waals surface area contributed by atoms with Crippen molar-refractivity contribution in [2.45, 2.75) is 19.6 Å². The maximum Gasteiger partial charge on any atom is 0.416 e. The standard InChI is InChI=1S/C12H12F3NO3/c1-2-19-11(18)10(17)16-7-8-4-3-5-9(6-8)12(13,14)15/h3-6H,2,7H2,1H3,(H,16,17). The summed E-state index contributed by atoms with van der Waals surface area (Å²) >= 11 is 0. The number of carbonyl (C=O) groups excluding carboxylic acids is 2.